The second-order valence-corrected chi connectivity index (χ2v) is 4.74. The van der Waals surface area contributed by atoms with Gasteiger partial charge in [0.2, 0.25) is 5.91 Å². The first-order chi connectivity index (χ1) is 10.7. The molecule has 1 amide bonds. The van der Waals surface area contributed by atoms with Crippen LogP contribution >= 0.6 is 0 Å². The van der Waals surface area contributed by atoms with Gasteiger partial charge in [-0.25, -0.2) is 4.39 Å². The summed E-state index contributed by atoms with van der Waals surface area (Å²) in [6.45, 7) is 0.521. The number of ether oxygens (including phenoxy) is 1. The van der Waals surface area contributed by atoms with E-state index in [2.05, 4.69) is 5.32 Å². The summed E-state index contributed by atoms with van der Waals surface area (Å²) in [6, 6.07) is 13.7. The second-order valence-electron chi connectivity index (χ2n) is 4.74. The van der Waals surface area contributed by atoms with Gasteiger partial charge in [0.25, 0.3) is 0 Å². The molecule has 2 rings (SSSR count). The Balaban J connectivity index is 1.81. The Morgan fingerprint density at radius 1 is 1.18 bits per heavy atom. The maximum Gasteiger partial charge on any atom is 0.244 e. The van der Waals surface area contributed by atoms with Gasteiger partial charge in [0, 0.05) is 12.6 Å². The normalized spacial score (nSPS) is 10.6. The molecular weight excluding hydrogens is 281 g/mol. The van der Waals surface area contributed by atoms with Crippen LogP contribution in [-0.2, 0) is 11.2 Å². The number of halogens is 1. The number of nitrogens with one attached hydrogen (secondary N) is 1. The summed E-state index contributed by atoms with van der Waals surface area (Å²) < 4.78 is 18.0. The van der Waals surface area contributed by atoms with Gasteiger partial charge in [0.15, 0.2) is 0 Å². The van der Waals surface area contributed by atoms with E-state index >= 15 is 0 Å². The van der Waals surface area contributed by atoms with Crippen LogP contribution in [0.3, 0.4) is 0 Å². The summed E-state index contributed by atoms with van der Waals surface area (Å²) in [7, 11) is 1.63. The van der Waals surface area contributed by atoms with Crippen molar-refractivity contribution in [1.82, 2.24) is 5.32 Å². The zero-order valence-corrected chi connectivity index (χ0v) is 12.4. The molecule has 0 aliphatic heterocycles. The molecule has 1 N–H and O–H groups in total. The summed E-state index contributed by atoms with van der Waals surface area (Å²) in [6.07, 6.45) is 3.79. The molecule has 0 aliphatic carbocycles. The molecule has 0 fully saturated rings. The van der Waals surface area contributed by atoms with Gasteiger partial charge < -0.3 is 10.1 Å². The van der Waals surface area contributed by atoms with E-state index in [9.17, 15) is 9.18 Å². The number of benzene rings is 2. The molecule has 0 radical (unpaired) electrons. The predicted octanol–water partition coefficient (Wildman–Crippen LogP) is 3.21. The maximum atomic E-state index is 12.8. The molecule has 0 bridgehead atoms. The summed E-state index contributed by atoms with van der Waals surface area (Å²) >= 11 is 0. The van der Waals surface area contributed by atoms with Crippen molar-refractivity contribution in [3.05, 3.63) is 71.6 Å². The first-order valence-electron chi connectivity index (χ1n) is 7.02. The van der Waals surface area contributed by atoms with Gasteiger partial charge in [-0.15, -0.1) is 0 Å². The van der Waals surface area contributed by atoms with Gasteiger partial charge in [0.1, 0.15) is 11.6 Å². The largest absolute Gasteiger partial charge is 0.496 e. The first kappa shape index (κ1) is 15.8. The maximum absolute atomic E-state index is 12.8. The van der Waals surface area contributed by atoms with Gasteiger partial charge in [-0.05, 0) is 41.8 Å². The van der Waals surface area contributed by atoms with Crippen LogP contribution in [0.1, 0.15) is 11.1 Å². The molecule has 0 aromatic heterocycles. The fourth-order valence-corrected chi connectivity index (χ4v) is 2.03. The van der Waals surface area contributed by atoms with E-state index in [0.717, 1.165) is 16.9 Å². The molecule has 2 aromatic carbocycles. The number of amides is 1. The van der Waals surface area contributed by atoms with Crippen LogP contribution in [0, 0.1) is 5.82 Å². The lowest BCUT2D eigenvalue weighted by atomic mass is 10.1. The van der Waals surface area contributed by atoms with Crippen molar-refractivity contribution in [3.63, 3.8) is 0 Å². The minimum absolute atomic E-state index is 0.181. The van der Waals surface area contributed by atoms with Crippen LogP contribution in [0.15, 0.2) is 54.6 Å². The smallest absolute Gasteiger partial charge is 0.244 e. The van der Waals surface area contributed by atoms with Crippen LogP contribution in [0.25, 0.3) is 6.08 Å². The highest BCUT2D eigenvalue weighted by molar-refractivity contribution is 5.91. The van der Waals surface area contributed by atoms with Crippen molar-refractivity contribution in [2.45, 2.75) is 6.42 Å². The highest BCUT2D eigenvalue weighted by Crippen LogP contribution is 2.17. The van der Waals surface area contributed by atoms with Crippen LogP contribution in [0.4, 0.5) is 4.39 Å². The van der Waals surface area contributed by atoms with Gasteiger partial charge in [0.05, 0.1) is 7.11 Å². The molecule has 114 valence electrons. The van der Waals surface area contributed by atoms with Crippen LogP contribution < -0.4 is 10.1 Å². The Kier molecular flexibility index (Phi) is 5.72. The van der Waals surface area contributed by atoms with E-state index in [0.29, 0.717) is 13.0 Å². The third-order valence-electron chi connectivity index (χ3n) is 3.18. The molecule has 3 nitrogen and oxygen atoms in total. The highest BCUT2D eigenvalue weighted by Gasteiger charge is 2.02. The summed E-state index contributed by atoms with van der Waals surface area (Å²) in [4.78, 5) is 11.7. The standard InChI is InChI=1S/C18H18FNO2/c1-22-17-5-3-2-4-15(17)12-13-20-18(21)11-8-14-6-9-16(19)10-7-14/h2-11H,12-13H2,1H3,(H,20,21)/b11-8+. The van der Waals surface area contributed by atoms with Gasteiger partial charge in [-0.1, -0.05) is 30.3 Å². The number of carbonyl (C=O) groups is 1. The van der Waals surface area contributed by atoms with Crippen molar-refractivity contribution >= 4 is 12.0 Å². The average Bonchev–Trinajstić information content (AvgIpc) is 2.55. The SMILES string of the molecule is COc1ccccc1CCNC(=O)/C=C/c1ccc(F)cc1. The van der Waals surface area contributed by atoms with E-state index in [4.69, 9.17) is 4.74 Å². The molecule has 0 atom stereocenters. The van der Waals surface area contributed by atoms with E-state index < -0.39 is 0 Å². The second kappa shape index (κ2) is 7.98. The predicted molar refractivity (Wildman–Crippen MR) is 85.1 cm³/mol. The third-order valence-corrected chi connectivity index (χ3v) is 3.18. The molecule has 0 aliphatic rings. The van der Waals surface area contributed by atoms with Gasteiger partial charge >= 0.3 is 0 Å². The van der Waals surface area contributed by atoms with Crippen LogP contribution in [0.2, 0.25) is 0 Å². The van der Waals surface area contributed by atoms with Crippen molar-refractivity contribution in [2.24, 2.45) is 0 Å². The van der Waals surface area contributed by atoms with Crippen molar-refractivity contribution < 1.29 is 13.9 Å². The topological polar surface area (TPSA) is 38.3 Å². The molecule has 0 heterocycles. The fourth-order valence-electron chi connectivity index (χ4n) is 2.03. The number of para-hydroxylation sites is 1. The van der Waals surface area contributed by atoms with Crippen molar-refractivity contribution in [1.29, 1.82) is 0 Å². The number of hydrogen-bond acceptors (Lipinski definition) is 2. The minimum Gasteiger partial charge on any atom is -0.496 e. The average molecular weight is 299 g/mol. The number of hydrogen-bond donors (Lipinski definition) is 1. The number of methoxy groups -OCH3 is 1. The molecule has 22 heavy (non-hydrogen) atoms. The summed E-state index contributed by atoms with van der Waals surface area (Å²) in [5.74, 6) is 0.344. The molecule has 0 spiro atoms. The lowest BCUT2D eigenvalue weighted by molar-refractivity contribution is -0.116. The summed E-state index contributed by atoms with van der Waals surface area (Å²) in [5.41, 5.74) is 1.83. The Morgan fingerprint density at radius 2 is 1.91 bits per heavy atom. The molecule has 4 heteroatoms. The van der Waals surface area contributed by atoms with Crippen LogP contribution in [0.5, 0.6) is 5.75 Å². The lowest BCUT2D eigenvalue weighted by Gasteiger charge is -2.08. The van der Waals surface area contributed by atoms with Gasteiger partial charge in [-0.3, -0.25) is 4.79 Å². The highest BCUT2D eigenvalue weighted by atomic mass is 19.1. The van der Waals surface area contributed by atoms with E-state index in [1.807, 2.05) is 24.3 Å². The fraction of sp³-hybridized carbons (Fsp3) is 0.167. The van der Waals surface area contributed by atoms with E-state index in [1.54, 1.807) is 25.3 Å². The monoisotopic (exact) mass is 299 g/mol. The van der Waals surface area contributed by atoms with Crippen LogP contribution in [-0.4, -0.2) is 19.6 Å². The molecular formula is C18H18FNO2. The zero-order valence-electron chi connectivity index (χ0n) is 12.4. The quantitative estimate of drug-likeness (QED) is 0.832. The summed E-state index contributed by atoms with van der Waals surface area (Å²) in [5, 5.41) is 2.81. The molecule has 0 unspecified atom stereocenters. The first-order valence-corrected chi connectivity index (χ1v) is 7.02. The van der Waals surface area contributed by atoms with E-state index in [1.165, 1.54) is 18.2 Å². The number of carbonyl (C=O) groups excluding carboxylic acids is 1. The van der Waals surface area contributed by atoms with E-state index in [-0.39, 0.29) is 11.7 Å². The van der Waals surface area contributed by atoms with Gasteiger partial charge in [-0.2, -0.15) is 0 Å². The molecule has 0 saturated heterocycles. The minimum atomic E-state index is -0.293. The Bertz CT molecular complexity index is 650. The Morgan fingerprint density at radius 3 is 2.64 bits per heavy atom. The zero-order chi connectivity index (χ0) is 15.8. The Labute approximate surface area is 129 Å². The molecule has 2 aromatic rings. The third kappa shape index (κ3) is 4.74. The molecule has 0 saturated carbocycles. The lowest BCUT2D eigenvalue weighted by Crippen LogP contribution is -2.23. The Hall–Kier alpha value is -2.62. The van der Waals surface area contributed by atoms with Crippen molar-refractivity contribution in [2.75, 3.05) is 13.7 Å². The van der Waals surface area contributed by atoms with Crippen molar-refractivity contribution in [3.8, 4) is 5.75 Å². The number of rotatable bonds is 6.